The molecule has 4 aliphatic heterocycles. The lowest BCUT2D eigenvalue weighted by Gasteiger charge is -2.46. The number of likely N-dealkylation sites (tertiary alicyclic amines) is 2. The van der Waals surface area contributed by atoms with Crippen LogP contribution in [-0.2, 0) is 9.47 Å². The summed E-state index contributed by atoms with van der Waals surface area (Å²) in [4.78, 5) is 5.41. The largest absolute Gasteiger partial charge is 0.375 e. The lowest BCUT2D eigenvalue weighted by atomic mass is 9.96. The minimum atomic E-state index is 0.479. The Bertz CT molecular complexity index is 419. The van der Waals surface area contributed by atoms with Crippen molar-refractivity contribution in [2.24, 2.45) is 17.8 Å². The SMILES string of the molecule is CC1[C@H]2CN(C3COC3CC(C)N3CC4C[C@H]3CO4)C[C@@H]12. The molecule has 21 heavy (non-hydrogen) atoms. The van der Waals surface area contributed by atoms with Gasteiger partial charge in [0, 0.05) is 31.7 Å². The van der Waals surface area contributed by atoms with Crippen LogP contribution in [0.25, 0.3) is 0 Å². The molecule has 0 spiro atoms. The zero-order chi connectivity index (χ0) is 14.1. The van der Waals surface area contributed by atoms with Crippen molar-refractivity contribution in [2.45, 2.75) is 57.0 Å². The van der Waals surface area contributed by atoms with Gasteiger partial charge in [0.15, 0.2) is 0 Å². The van der Waals surface area contributed by atoms with E-state index in [1.54, 1.807) is 0 Å². The second-order valence-electron chi connectivity index (χ2n) is 8.21. The van der Waals surface area contributed by atoms with Gasteiger partial charge in [0.05, 0.1) is 31.5 Å². The summed E-state index contributed by atoms with van der Waals surface area (Å²) >= 11 is 0. The number of morpholine rings is 1. The van der Waals surface area contributed by atoms with Gasteiger partial charge in [-0.15, -0.1) is 0 Å². The molecule has 4 heteroatoms. The highest BCUT2D eigenvalue weighted by atomic mass is 16.5. The summed E-state index contributed by atoms with van der Waals surface area (Å²) in [6.45, 7) is 10.6. The summed E-state index contributed by atoms with van der Waals surface area (Å²) in [6.07, 6.45) is 3.46. The number of fused-ring (bicyclic) bond motifs is 3. The third-order valence-corrected chi connectivity index (χ3v) is 7.11. The maximum absolute atomic E-state index is 5.94. The Hall–Kier alpha value is -0.160. The molecule has 1 aliphatic carbocycles. The fourth-order valence-corrected chi connectivity index (χ4v) is 5.45. The summed E-state index contributed by atoms with van der Waals surface area (Å²) in [7, 11) is 0. The maximum Gasteiger partial charge on any atom is 0.0768 e. The van der Waals surface area contributed by atoms with Crippen molar-refractivity contribution in [1.82, 2.24) is 9.80 Å². The zero-order valence-corrected chi connectivity index (χ0v) is 13.3. The average Bonchev–Trinajstić information content (AvgIpc) is 2.97. The Morgan fingerprint density at radius 1 is 1.10 bits per heavy atom. The lowest BCUT2D eigenvalue weighted by Crippen LogP contribution is -2.58. The molecule has 0 radical (unpaired) electrons. The normalized spacial score (nSPS) is 53.7. The van der Waals surface area contributed by atoms with Crippen molar-refractivity contribution in [3.8, 4) is 0 Å². The van der Waals surface area contributed by atoms with Gasteiger partial charge in [0.1, 0.15) is 0 Å². The van der Waals surface area contributed by atoms with E-state index in [9.17, 15) is 0 Å². The molecule has 0 amide bonds. The van der Waals surface area contributed by atoms with Crippen molar-refractivity contribution in [3.05, 3.63) is 0 Å². The molecule has 4 heterocycles. The molecule has 2 bridgehead atoms. The van der Waals surface area contributed by atoms with Crippen molar-refractivity contribution in [2.75, 3.05) is 32.8 Å². The lowest BCUT2D eigenvalue weighted by molar-refractivity contribution is -0.143. The van der Waals surface area contributed by atoms with E-state index in [2.05, 4.69) is 23.6 Å². The molecule has 118 valence electrons. The molecule has 0 aromatic heterocycles. The number of rotatable bonds is 4. The van der Waals surface area contributed by atoms with Crippen molar-refractivity contribution < 1.29 is 9.47 Å². The highest BCUT2D eigenvalue weighted by Crippen LogP contribution is 2.52. The van der Waals surface area contributed by atoms with E-state index >= 15 is 0 Å². The molecular formula is C17H28N2O2. The summed E-state index contributed by atoms with van der Waals surface area (Å²) in [5, 5.41) is 0. The van der Waals surface area contributed by atoms with Crippen LogP contribution < -0.4 is 0 Å². The van der Waals surface area contributed by atoms with Gasteiger partial charge < -0.3 is 9.47 Å². The van der Waals surface area contributed by atoms with Crippen LogP contribution in [-0.4, -0.2) is 73.0 Å². The third-order valence-electron chi connectivity index (χ3n) is 7.11. The first-order valence-electron chi connectivity index (χ1n) is 8.93. The van der Waals surface area contributed by atoms with Gasteiger partial charge in [-0.1, -0.05) is 6.92 Å². The molecule has 0 N–H and O–H groups in total. The van der Waals surface area contributed by atoms with Gasteiger partial charge in [-0.05, 0) is 37.5 Å². The van der Waals surface area contributed by atoms with E-state index in [0.29, 0.717) is 30.3 Å². The summed E-state index contributed by atoms with van der Waals surface area (Å²) in [6, 6.07) is 2.04. The zero-order valence-electron chi connectivity index (χ0n) is 13.3. The molecule has 0 aromatic carbocycles. The van der Waals surface area contributed by atoms with Gasteiger partial charge in [-0.25, -0.2) is 0 Å². The maximum atomic E-state index is 5.94. The van der Waals surface area contributed by atoms with Gasteiger partial charge in [-0.3, -0.25) is 9.80 Å². The Kier molecular flexibility index (Phi) is 2.96. The molecule has 8 atom stereocenters. The topological polar surface area (TPSA) is 24.9 Å². The number of hydrogen-bond donors (Lipinski definition) is 0. The highest BCUT2D eigenvalue weighted by Gasteiger charge is 2.55. The monoisotopic (exact) mass is 292 g/mol. The fraction of sp³-hybridized carbons (Fsp3) is 1.00. The van der Waals surface area contributed by atoms with Crippen LogP contribution in [0.2, 0.25) is 0 Å². The Balaban J connectivity index is 1.16. The van der Waals surface area contributed by atoms with Gasteiger partial charge in [0.25, 0.3) is 0 Å². The summed E-state index contributed by atoms with van der Waals surface area (Å²) < 4.78 is 11.7. The van der Waals surface area contributed by atoms with Gasteiger partial charge in [-0.2, -0.15) is 0 Å². The van der Waals surface area contributed by atoms with Crippen LogP contribution in [0.15, 0.2) is 0 Å². The molecule has 4 nitrogen and oxygen atoms in total. The minimum Gasteiger partial charge on any atom is -0.375 e. The predicted octanol–water partition coefficient (Wildman–Crippen LogP) is 1.20. The van der Waals surface area contributed by atoms with E-state index in [0.717, 1.165) is 37.5 Å². The Morgan fingerprint density at radius 2 is 1.90 bits per heavy atom. The second kappa shape index (κ2) is 4.67. The average molecular weight is 292 g/mol. The van der Waals surface area contributed by atoms with Crippen LogP contribution in [0, 0.1) is 17.8 Å². The third kappa shape index (κ3) is 2.03. The Morgan fingerprint density at radius 3 is 2.48 bits per heavy atom. The highest BCUT2D eigenvalue weighted by molar-refractivity contribution is 5.06. The van der Waals surface area contributed by atoms with Crippen LogP contribution in [0.1, 0.15) is 26.7 Å². The fourth-order valence-electron chi connectivity index (χ4n) is 5.45. The molecule has 1 saturated carbocycles. The first kappa shape index (κ1) is 13.3. The smallest absolute Gasteiger partial charge is 0.0768 e. The van der Waals surface area contributed by atoms with E-state index < -0.39 is 0 Å². The number of hydrogen-bond acceptors (Lipinski definition) is 4. The van der Waals surface area contributed by atoms with E-state index in [1.165, 1.54) is 25.9 Å². The summed E-state index contributed by atoms with van der Waals surface area (Å²) in [5.74, 6) is 3.02. The van der Waals surface area contributed by atoms with Crippen LogP contribution in [0.4, 0.5) is 0 Å². The number of ether oxygens (including phenoxy) is 2. The van der Waals surface area contributed by atoms with Crippen LogP contribution in [0.3, 0.4) is 0 Å². The Labute approximate surface area is 127 Å². The molecule has 5 rings (SSSR count). The first-order chi connectivity index (χ1) is 10.2. The summed E-state index contributed by atoms with van der Waals surface area (Å²) in [5.41, 5.74) is 0. The van der Waals surface area contributed by atoms with Crippen molar-refractivity contribution >= 4 is 0 Å². The molecule has 4 saturated heterocycles. The quantitative estimate of drug-likeness (QED) is 0.777. The standard InChI is InChI=1S/C17H28N2O2/c1-10(19-5-13-4-12(19)8-20-13)3-17-16(9-21-17)18-6-14-11(2)15(14)7-18/h10-17H,3-9H2,1-2H3/t10?,11?,12-,13?,14-,15+,16?,17?/m0/s1. The van der Waals surface area contributed by atoms with Gasteiger partial charge in [0.2, 0.25) is 0 Å². The predicted molar refractivity (Wildman–Crippen MR) is 80.2 cm³/mol. The van der Waals surface area contributed by atoms with Crippen LogP contribution >= 0.6 is 0 Å². The first-order valence-corrected chi connectivity index (χ1v) is 8.93. The number of piperidine rings is 1. The van der Waals surface area contributed by atoms with Crippen molar-refractivity contribution in [1.29, 1.82) is 0 Å². The van der Waals surface area contributed by atoms with Gasteiger partial charge >= 0.3 is 0 Å². The molecular weight excluding hydrogens is 264 g/mol. The second-order valence-corrected chi connectivity index (χ2v) is 8.21. The number of nitrogens with zero attached hydrogens (tertiary/aromatic N) is 2. The minimum absolute atomic E-state index is 0.479. The molecule has 0 aromatic rings. The molecule has 5 aliphatic rings. The van der Waals surface area contributed by atoms with E-state index in [4.69, 9.17) is 9.47 Å². The van der Waals surface area contributed by atoms with Crippen LogP contribution in [0.5, 0.6) is 0 Å². The van der Waals surface area contributed by atoms with E-state index in [1.807, 2.05) is 0 Å². The molecule has 5 fully saturated rings. The van der Waals surface area contributed by atoms with Crippen molar-refractivity contribution in [3.63, 3.8) is 0 Å². The molecule has 5 unspecified atom stereocenters. The van der Waals surface area contributed by atoms with E-state index in [-0.39, 0.29) is 0 Å².